The maximum Gasteiger partial charge on any atom is 0.0587 e. The lowest BCUT2D eigenvalue weighted by Gasteiger charge is -2.26. The first-order valence-corrected chi connectivity index (χ1v) is 5.50. The van der Waals surface area contributed by atoms with Crippen LogP contribution in [-0.2, 0) is 9.47 Å². The summed E-state index contributed by atoms with van der Waals surface area (Å²) in [7, 11) is 3.45. The van der Waals surface area contributed by atoms with E-state index < -0.39 is 0 Å². The van der Waals surface area contributed by atoms with Crippen LogP contribution in [0.25, 0.3) is 0 Å². The predicted octanol–water partition coefficient (Wildman–Crippen LogP) is 1.84. The van der Waals surface area contributed by atoms with E-state index >= 15 is 0 Å². The number of ether oxygens (including phenoxy) is 2. The van der Waals surface area contributed by atoms with Crippen LogP contribution in [0.15, 0.2) is 12.7 Å². The zero-order valence-electron chi connectivity index (χ0n) is 10.3. The van der Waals surface area contributed by atoms with Gasteiger partial charge in [0, 0.05) is 33.9 Å². The van der Waals surface area contributed by atoms with Gasteiger partial charge in [-0.3, -0.25) is 0 Å². The summed E-state index contributed by atoms with van der Waals surface area (Å²) in [5.74, 6) is 0. The molecule has 0 radical (unpaired) electrons. The van der Waals surface area contributed by atoms with Gasteiger partial charge < -0.3 is 14.8 Å². The molecule has 15 heavy (non-hydrogen) atoms. The SMILES string of the molecule is C=CC(C)(CCCOC)CNCCOC. The predicted molar refractivity (Wildman–Crippen MR) is 64.2 cm³/mol. The Balaban J connectivity index is 3.70. The monoisotopic (exact) mass is 215 g/mol. The van der Waals surface area contributed by atoms with Gasteiger partial charge in [0.2, 0.25) is 0 Å². The largest absolute Gasteiger partial charge is 0.385 e. The molecule has 0 fully saturated rings. The van der Waals surface area contributed by atoms with Gasteiger partial charge in [0.25, 0.3) is 0 Å². The summed E-state index contributed by atoms with van der Waals surface area (Å²) in [6.07, 6.45) is 4.21. The minimum atomic E-state index is 0.159. The Morgan fingerprint density at radius 1 is 1.27 bits per heavy atom. The van der Waals surface area contributed by atoms with Crippen molar-refractivity contribution >= 4 is 0 Å². The van der Waals surface area contributed by atoms with Crippen molar-refractivity contribution in [2.45, 2.75) is 19.8 Å². The standard InChI is InChI=1S/C12H25NO2/c1-5-12(2,7-6-9-14-3)11-13-8-10-15-4/h5,13H,1,6-11H2,2-4H3. The van der Waals surface area contributed by atoms with Crippen LogP contribution < -0.4 is 5.32 Å². The highest BCUT2D eigenvalue weighted by Crippen LogP contribution is 2.23. The average molecular weight is 215 g/mol. The average Bonchev–Trinajstić information content (AvgIpc) is 2.25. The molecule has 0 saturated heterocycles. The molecule has 90 valence electrons. The first kappa shape index (κ1) is 14.6. The van der Waals surface area contributed by atoms with Gasteiger partial charge in [0.15, 0.2) is 0 Å². The molecule has 0 aromatic carbocycles. The maximum absolute atomic E-state index is 5.05. The molecule has 0 bridgehead atoms. The third kappa shape index (κ3) is 7.54. The van der Waals surface area contributed by atoms with E-state index in [4.69, 9.17) is 9.47 Å². The van der Waals surface area contributed by atoms with Crippen molar-refractivity contribution in [3.8, 4) is 0 Å². The third-order valence-electron chi connectivity index (χ3n) is 2.60. The number of hydrogen-bond donors (Lipinski definition) is 1. The van der Waals surface area contributed by atoms with E-state index in [2.05, 4.69) is 18.8 Å². The Labute approximate surface area is 93.8 Å². The fourth-order valence-electron chi connectivity index (χ4n) is 1.43. The van der Waals surface area contributed by atoms with Gasteiger partial charge in [0.1, 0.15) is 0 Å². The Hall–Kier alpha value is -0.380. The molecule has 0 aromatic heterocycles. The van der Waals surface area contributed by atoms with Crippen molar-refractivity contribution in [3.63, 3.8) is 0 Å². The van der Waals surface area contributed by atoms with Crippen LogP contribution in [0.3, 0.4) is 0 Å². The molecule has 1 N–H and O–H groups in total. The van der Waals surface area contributed by atoms with E-state index in [0.29, 0.717) is 0 Å². The fourth-order valence-corrected chi connectivity index (χ4v) is 1.43. The van der Waals surface area contributed by atoms with Crippen LogP contribution in [0.4, 0.5) is 0 Å². The van der Waals surface area contributed by atoms with Gasteiger partial charge in [-0.2, -0.15) is 0 Å². The van der Waals surface area contributed by atoms with Crippen LogP contribution in [-0.4, -0.2) is 40.5 Å². The van der Waals surface area contributed by atoms with Crippen molar-refractivity contribution in [3.05, 3.63) is 12.7 Å². The molecule has 0 saturated carbocycles. The van der Waals surface area contributed by atoms with E-state index in [9.17, 15) is 0 Å². The zero-order chi connectivity index (χ0) is 11.6. The molecule has 0 spiro atoms. The molecule has 3 nitrogen and oxygen atoms in total. The minimum Gasteiger partial charge on any atom is -0.385 e. The molecular weight excluding hydrogens is 190 g/mol. The Kier molecular flexibility index (Phi) is 8.67. The molecule has 1 atom stereocenters. The van der Waals surface area contributed by atoms with Crippen LogP contribution >= 0.6 is 0 Å². The summed E-state index contributed by atoms with van der Waals surface area (Å²) in [6, 6.07) is 0. The molecule has 0 aliphatic carbocycles. The van der Waals surface area contributed by atoms with Crippen molar-refractivity contribution in [1.29, 1.82) is 0 Å². The third-order valence-corrected chi connectivity index (χ3v) is 2.60. The van der Waals surface area contributed by atoms with Gasteiger partial charge >= 0.3 is 0 Å². The number of nitrogens with one attached hydrogen (secondary N) is 1. The maximum atomic E-state index is 5.05. The second kappa shape index (κ2) is 8.89. The summed E-state index contributed by atoms with van der Waals surface area (Å²) >= 11 is 0. The Morgan fingerprint density at radius 2 is 1.93 bits per heavy atom. The number of methoxy groups -OCH3 is 2. The molecule has 1 unspecified atom stereocenters. The summed E-state index contributed by atoms with van der Waals surface area (Å²) in [5, 5.41) is 3.37. The summed E-state index contributed by atoms with van der Waals surface area (Å²) < 4.78 is 10.0. The van der Waals surface area contributed by atoms with Crippen LogP contribution in [0.5, 0.6) is 0 Å². The molecular formula is C12H25NO2. The van der Waals surface area contributed by atoms with Gasteiger partial charge in [-0.15, -0.1) is 6.58 Å². The first-order valence-electron chi connectivity index (χ1n) is 5.50. The topological polar surface area (TPSA) is 30.5 Å². The van der Waals surface area contributed by atoms with Crippen LogP contribution in [0.2, 0.25) is 0 Å². The summed E-state index contributed by atoms with van der Waals surface area (Å²) in [6.45, 7) is 9.53. The van der Waals surface area contributed by atoms with Crippen molar-refractivity contribution in [2.75, 3.05) is 40.5 Å². The second-order valence-electron chi connectivity index (χ2n) is 4.12. The zero-order valence-corrected chi connectivity index (χ0v) is 10.3. The molecule has 0 heterocycles. The highest BCUT2D eigenvalue weighted by molar-refractivity contribution is 4.92. The quantitative estimate of drug-likeness (QED) is 0.445. The Morgan fingerprint density at radius 3 is 2.47 bits per heavy atom. The lowest BCUT2D eigenvalue weighted by molar-refractivity contribution is 0.176. The summed E-state index contributed by atoms with van der Waals surface area (Å²) in [5.41, 5.74) is 0.159. The molecule has 0 aliphatic heterocycles. The molecule has 3 heteroatoms. The first-order chi connectivity index (χ1) is 7.18. The second-order valence-corrected chi connectivity index (χ2v) is 4.12. The van der Waals surface area contributed by atoms with Gasteiger partial charge in [-0.05, 0) is 18.3 Å². The van der Waals surface area contributed by atoms with E-state index in [0.717, 1.165) is 39.1 Å². The number of hydrogen-bond acceptors (Lipinski definition) is 3. The fraction of sp³-hybridized carbons (Fsp3) is 0.833. The minimum absolute atomic E-state index is 0.159. The molecule has 0 aliphatic rings. The smallest absolute Gasteiger partial charge is 0.0587 e. The number of rotatable bonds is 10. The lowest BCUT2D eigenvalue weighted by atomic mass is 9.85. The Bertz CT molecular complexity index is 162. The van der Waals surface area contributed by atoms with E-state index in [1.54, 1.807) is 14.2 Å². The van der Waals surface area contributed by atoms with E-state index in [1.165, 1.54) is 0 Å². The van der Waals surface area contributed by atoms with Crippen LogP contribution in [0, 0.1) is 5.41 Å². The highest BCUT2D eigenvalue weighted by Gasteiger charge is 2.18. The molecule has 0 rings (SSSR count). The molecule has 0 aromatic rings. The highest BCUT2D eigenvalue weighted by atomic mass is 16.5. The normalized spacial score (nSPS) is 14.9. The summed E-state index contributed by atoms with van der Waals surface area (Å²) in [4.78, 5) is 0. The van der Waals surface area contributed by atoms with Crippen LogP contribution in [0.1, 0.15) is 19.8 Å². The van der Waals surface area contributed by atoms with Gasteiger partial charge in [-0.1, -0.05) is 13.0 Å². The van der Waals surface area contributed by atoms with Gasteiger partial charge in [0.05, 0.1) is 6.61 Å². The lowest BCUT2D eigenvalue weighted by Crippen LogP contribution is -2.32. The van der Waals surface area contributed by atoms with Gasteiger partial charge in [-0.25, -0.2) is 0 Å². The van der Waals surface area contributed by atoms with Crippen molar-refractivity contribution in [2.24, 2.45) is 5.41 Å². The molecule has 0 amide bonds. The van der Waals surface area contributed by atoms with Crippen molar-refractivity contribution in [1.82, 2.24) is 5.32 Å². The van der Waals surface area contributed by atoms with E-state index in [-0.39, 0.29) is 5.41 Å². The van der Waals surface area contributed by atoms with E-state index in [1.807, 2.05) is 6.08 Å². The van der Waals surface area contributed by atoms with Crippen molar-refractivity contribution < 1.29 is 9.47 Å².